The Morgan fingerprint density at radius 1 is 1.83 bits per heavy atom. The van der Waals surface area contributed by atoms with Crippen molar-refractivity contribution in [3.63, 3.8) is 0 Å². The quantitative estimate of drug-likeness (QED) is 0.662. The molecule has 66 valence electrons. The van der Waals surface area contributed by atoms with Crippen molar-refractivity contribution in [2.24, 2.45) is 5.73 Å². The number of nitrogens with two attached hydrogens (primary N) is 1. The van der Waals surface area contributed by atoms with Gasteiger partial charge in [-0.25, -0.2) is 0 Å². The first-order valence-electron chi connectivity index (χ1n) is 3.60. The summed E-state index contributed by atoms with van der Waals surface area (Å²) in [6.07, 6.45) is 1.92. The number of rotatable bonds is 3. The van der Waals surface area contributed by atoms with E-state index in [-0.39, 0.29) is 0 Å². The highest BCUT2D eigenvalue weighted by Crippen LogP contribution is 2.03. The molecule has 1 heterocycles. The molecule has 1 atom stereocenters. The molecule has 0 aromatic carbocycles. The van der Waals surface area contributed by atoms with Crippen LogP contribution in [0.3, 0.4) is 0 Å². The van der Waals surface area contributed by atoms with Gasteiger partial charge in [0.2, 0.25) is 0 Å². The zero-order valence-corrected chi connectivity index (χ0v) is 6.82. The summed E-state index contributed by atoms with van der Waals surface area (Å²) in [7, 11) is 1.31. The van der Waals surface area contributed by atoms with Crippen LogP contribution in [0.1, 0.15) is 5.76 Å². The molecule has 0 amide bonds. The van der Waals surface area contributed by atoms with Gasteiger partial charge < -0.3 is 14.9 Å². The fourth-order valence-electron chi connectivity index (χ4n) is 0.880. The lowest BCUT2D eigenvalue weighted by Gasteiger charge is -2.05. The molecule has 0 bridgehead atoms. The van der Waals surface area contributed by atoms with Crippen molar-refractivity contribution < 1.29 is 13.9 Å². The van der Waals surface area contributed by atoms with E-state index < -0.39 is 12.0 Å². The summed E-state index contributed by atoms with van der Waals surface area (Å²) < 4.78 is 9.47. The summed E-state index contributed by atoms with van der Waals surface area (Å²) in [5.74, 6) is 0.263. The molecule has 1 rings (SSSR count). The molecule has 0 aliphatic carbocycles. The van der Waals surface area contributed by atoms with Crippen LogP contribution in [0.5, 0.6) is 0 Å². The van der Waals surface area contributed by atoms with Crippen molar-refractivity contribution in [3.05, 3.63) is 24.2 Å². The molecule has 1 aromatic rings. The van der Waals surface area contributed by atoms with E-state index in [0.717, 1.165) is 0 Å². The van der Waals surface area contributed by atoms with E-state index in [2.05, 4.69) is 4.74 Å². The second kappa shape index (κ2) is 3.92. The van der Waals surface area contributed by atoms with E-state index >= 15 is 0 Å². The molecule has 0 aliphatic heterocycles. The topological polar surface area (TPSA) is 65.5 Å². The number of carbonyl (C=O) groups excluding carboxylic acids is 1. The first kappa shape index (κ1) is 8.80. The molecule has 0 radical (unpaired) electrons. The predicted octanol–water partition coefficient (Wildman–Crippen LogP) is 0.322. The number of furan rings is 1. The van der Waals surface area contributed by atoms with Crippen LogP contribution >= 0.6 is 0 Å². The summed E-state index contributed by atoms with van der Waals surface area (Å²) in [5.41, 5.74) is 5.48. The fourth-order valence-corrected chi connectivity index (χ4v) is 0.880. The molecule has 0 saturated carbocycles. The summed E-state index contributed by atoms with van der Waals surface area (Å²) in [6.45, 7) is 0. The van der Waals surface area contributed by atoms with Gasteiger partial charge in [0.25, 0.3) is 0 Å². The van der Waals surface area contributed by atoms with E-state index in [4.69, 9.17) is 10.2 Å². The maximum Gasteiger partial charge on any atom is 0.323 e. The van der Waals surface area contributed by atoms with Crippen molar-refractivity contribution in [2.45, 2.75) is 12.5 Å². The smallest absolute Gasteiger partial charge is 0.323 e. The number of hydrogen-bond acceptors (Lipinski definition) is 4. The van der Waals surface area contributed by atoms with Crippen molar-refractivity contribution in [1.29, 1.82) is 0 Å². The van der Waals surface area contributed by atoms with Crippen molar-refractivity contribution in [1.82, 2.24) is 0 Å². The summed E-state index contributed by atoms with van der Waals surface area (Å²) in [4.78, 5) is 10.8. The minimum absolute atomic E-state index is 0.375. The van der Waals surface area contributed by atoms with Gasteiger partial charge in [0.1, 0.15) is 11.8 Å². The van der Waals surface area contributed by atoms with E-state index in [1.165, 1.54) is 7.11 Å². The number of ether oxygens (including phenoxy) is 1. The maximum absolute atomic E-state index is 10.8. The summed E-state index contributed by atoms with van der Waals surface area (Å²) >= 11 is 0. The predicted molar refractivity (Wildman–Crippen MR) is 42.4 cm³/mol. The van der Waals surface area contributed by atoms with Crippen molar-refractivity contribution >= 4 is 5.97 Å². The highest BCUT2D eigenvalue weighted by atomic mass is 16.5. The second-order valence-electron chi connectivity index (χ2n) is 2.41. The lowest BCUT2D eigenvalue weighted by atomic mass is 10.2. The van der Waals surface area contributed by atoms with Crippen LogP contribution in [0.2, 0.25) is 0 Å². The number of esters is 1. The molecule has 0 fully saturated rings. The third kappa shape index (κ3) is 2.10. The van der Waals surface area contributed by atoms with E-state index in [1.807, 2.05) is 0 Å². The van der Waals surface area contributed by atoms with Crippen molar-refractivity contribution in [2.75, 3.05) is 7.11 Å². The van der Waals surface area contributed by atoms with Crippen LogP contribution in [0.4, 0.5) is 0 Å². The Morgan fingerprint density at radius 3 is 3.08 bits per heavy atom. The first-order valence-corrected chi connectivity index (χ1v) is 3.60. The fraction of sp³-hybridized carbons (Fsp3) is 0.375. The summed E-state index contributed by atoms with van der Waals surface area (Å²) in [5, 5.41) is 0. The van der Waals surface area contributed by atoms with Gasteiger partial charge in [-0.05, 0) is 12.1 Å². The average molecular weight is 169 g/mol. The number of methoxy groups -OCH3 is 1. The van der Waals surface area contributed by atoms with Crippen LogP contribution in [-0.4, -0.2) is 19.1 Å². The first-order chi connectivity index (χ1) is 5.74. The van der Waals surface area contributed by atoms with Gasteiger partial charge in [-0.3, -0.25) is 4.79 Å². The minimum atomic E-state index is -0.638. The molecule has 0 aliphatic rings. The van der Waals surface area contributed by atoms with E-state index in [0.29, 0.717) is 12.2 Å². The lowest BCUT2D eigenvalue weighted by molar-refractivity contribution is -0.142. The molecule has 4 nitrogen and oxygen atoms in total. The van der Waals surface area contributed by atoms with Crippen LogP contribution in [0.15, 0.2) is 22.8 Å². The second-order valence-corrected chi connectivity index (χ2v) is 2.41. The molecular weight excluding hydrogens is 158 g/mol. The van der Waals surface area contributed by atoms with Gasteiger partial charge in [-0.2, -0.15) is 0 Å². The molecule has 0 spiro atoms. The Labute approximate surface area is 70.3 Å². The molecule has 0 saturated heterocycles. The number of carbonyl (C=O) groups is 1. The van der Waals surface area contributed by atoms with Gasteiger partial charge in [0.05, 0.1) is 13.4 Å². The lowest BCUT2D eigenvalue weighted by Crippen LogP contribution is -2.33. The van der Waals surface area contributed by atoms with Crippen LogP contribution in [0.25, 0.3) is 0 Å². The zero-order chi connectivity index (χ0) is 8.97. The van der Waals surface area contributed by atoms with Gasteiger partial charge in [-0.15, -0.1) is 0 Å². The Bertz CT molecular complexity index is 243. The average Bonchev–Trinajstić information content (AvgIpc) is 2.55. The molecule has 2 N–H and O–H groups in total. The molecule has 12 heavy (non-hydrogen) atoms. The van der Waals surface area contributed by atoms with Gasteiger partial charge in [-0.1, -0.05) is 0 Å². The largest absolute Gasteiger partial charge is 0.469 e. The minimum Gasteiger partial charge on any atom is -0.469 e. The van der Waals surface area contributed by atoms with Gasteiger partial charge >= 0.3 is 5.97 Å². The maximum atomic E-state index is 10.8. The molecular formula is C8H11NO3. The Morgan fingerprint density at radius 2 is 2.58 bits per heavy atom. The third-order valence-electron chi connectivity index (χ3n) is 1.51. The molecule has 4 heteroatoms. The summed E-state index contributed by atoms with van der Waals surface area (Å²) in [6, 6.07) is 2.88. The molecule has 0 unspecified atom stereocenters. The highest BCUT2D eigenvalue weighted by molar-refractivity contribution is 5.75. The van der Waals surface area contributed by atoms with Crippen molar-refractivity contribution in [3.8, 4) is 0 Å². The van der Waals surface area contributed by atoms with Crippen LogP contribution < -0.4 is 5.73 Å². The number of hydrogen-bond donors (Lipinski definition) is 1. The Kier molecular flexibility index (Phi) is 2.88. The van der Waals surface area contributed by atoms with Crippen LogP contribution in [0, 0.1) is 0 Å². The molecule has 1 aromatic heterocycles. The monoisotopic (exact) mass is 169 g/mol. The Balaban J connectivity index is 2.47. The SMILES string of the molecule is COC(=O)[C@@H](N)Cc1ccco1. The van der Waals surface area contributed by atoms with E-state index in [1.54, 1.807) is 18.4 Å². The van der Waals surface area contributed by atoms with E-state index in [9.17, 15) is 4.79 Å². The Hall–Kier alpha value is -1.29. The van der Waals surface area contributed by atoms with Crippen LogP contribution in [-0.2, 0) is 16.0 Å². The van der Waals surface area contributed by atoms with Gasteiger partial charge in [0, 0.05) is 6.42 Å². The zero-order valence-electron chi connectivity index (χ0n) is 6.82. The third-order valence-corrected chi connectivity index (χ3v) is 1.51. The van der Waals surface area contributed by atoms with Gasteiger partial charge in [0.15, 0.2) is 0 Å². The highest BCUT2D eigenvalue weighted by Gasteiger charge is 2.15. The standard InChI is InChI=1S/C8H11NO3/c1-11-8(10)7(9)5-6-3-2-4-12-6/h2-4,7H,5,9H2,1H3/t7-/m0/s1. The normalized spacial score (nSPS) is 12.5.